The molecule has 1 spiro atoms. The van der Waals surface area contributed by atoms with Crippen LogP contribution in [0.4, 0.5) is 4.79 Å². The summed E-state index contributed by atoms with van der Waals surface area (Å²) < 4.78 is 11.5. The summed E-state index contributed by atoms with van der Waals surface area (Å²) in [5, 5.41) is 13.6. The number of nitrogens with zero attached hydrogens (tertiary/aromatic N) is 2. The monoisotopic (exact) mass is 419 g/mol. The third-order valence-electron chi connectivity index (χ3n) is 6.21. The number of carbonyl (C=O) groups excluding carboxylic acids is 1. The Kier molecular flexibility index (Phi) is 5.12. The van der Waals surface area contributed by atoms with Crippen LogP contribution in [0.15, 0.2) is 34.9 Å². The van der Waals surface area contributed by atoms with E-state index in [4.69, 9.17) is 26.6 Å². The van der Waals surface area contributed by atoms with Crippen molar-refractivity contribution in [3.8, 4) is 5.75 Å². The van der Waals surface area contributed by atoms with Gasteiger partial charge in [-0.25, -0.2) is 4.79 Å². The van der Waals surface area contributed by atoms with Crippen LogP contribution in [0, 0.1) is 11.3 Å². The number of aromatic nitrogens is 1. The number of hydrogen-bond donors (Lipinski definition) is 2. The molecule has 2 unspecified atom stereocenters. The Morgan fingerprint density at radius 1 is 1.31 bits per heavy atom. The minimum absolute atomic E-state index is 0.0251. The zero-order valence-corrected chi connectivity index (χ0v) is 16.5. The second-order valence-electron chi connectivity index (χ2n) is 7.80. The molecule has 0 bridgehead atoms. The van der Waals surface area contributed by atoms with E-state index in [1.165, 1.54) is 4.90 Å². The van der Waals surface area contributed by atoms with Gasteiger partial charge < -0.3 is 25.0 Å². The van der Waals surface area contributed by atoms with Crippen LogP contribution in [0.5, 0.6) is 5.75 Å². The summed E-state index contributed by atoms with van der Waals surface area (Å²) in [5.74, 6) is 0.792. The molecule has 1 aliphatic heterocycles. The van der Waals surface area contributed by atoms with Crippen LogP contribution in [-0.4, -0.2) is 46.4 Å². The third-order valence-corrected chi connectivity index (χ3v) is 6.46. The molecule has 9 heteroatoms. The van der Waals surface area contributed by atoms with Crippen molar-refractivity contribution in [2.24, 2.45) is 17.1 Å². The molecule has 2 aromatic rings. The molecule has 1 saturated carbocycles. The fourth-order valence-corrected chi connectivity index (χ4v) is 4.67. The van der Waals surface area contributed by atoms with Crippen molar-refractivity contribution in [2.75, 3.05) is 13.1 Å². The summed E-state index contributed by atoms with van der Waals surface area (Å²) >= 11 is 5.95. The fraction of sp³-hybridized carbons (Fsp3) is 0.450. The standard InChI is InChI=1S/C20H22ClN3O5/c21-12-1-3-13(4-2-12)28-17-11-20(5-7-24(8-6-20)19(26)27)15(17)9-14-10-16(18(22)25)23-29-14/h1-4,10,15,17H,5-9,11H2,(H2,22,25)(H,26,27). The smallest absolute Gasteiger partial charge is 0.407 e. The Hall–Kier alpha value is -2.74. The molecular formula is C20H22ClN3O5. The van der Waals surface area contributed by atoms with E-state index in [9.17, 15) is 14.7 Å². The minimum Gasteiger partial charge on any atom is -0.490 e. The molecule has 1 aromatic carbocycles. The topological polar surface area (TPSA) is 119 Å². The van der Waals surface area contributed by atoms with Crippen molar-refractivity contribution in [1.29, 1.82) is 0 Å². The summed E-state index contributed by atoms with van der Waals surface area (Å²) in [6.07, 6.45) is 1.99. The largest absolute Gasteiger partial charge is 0.490 e. The van der Waals surface area contributed by atoms with Gasteiger partial charge in [0.25, 0.3) is 5.91 Å². The number of piperidine rings is 1. The molecule has 2 heterocycles. The van der Waals surface area contributed by atoms with Gasteiger partial charge in [0.2, 0.25) is 0 Å². The molecule has 1 aliphatic carbocycles. The van der Waals surface area contributed by atoms with Crippen LogP contribution in [-0.2, 0) is 6.42 Å². The normalized spacial score (nSPS) is 22.9. The number of primary amides is 1. The van der Waals surface area contributed by atoms with Crippen molar-refractivity contribution in [3.63, 3.8) is 0 Å². The molecule has 2 aliphatic rings. The number of rotatable bonds is 5. The maximum atomic E-state index is 11.3. The molecule has 4 rings (SSSR count). The molecule has 2 atom stereocenters. The lowest BCUT2D eigenvalue weighted by molar-refractivity contribution is -0.122. The van der Waals surface area contributed by atoms with E-state index in [2.05, 4.69) is 5.16 Å². The van der Waals surface area contributed by atoms with Crippen molar-refractivity contribution in [3.05, 3.63) is 46.8 Å². The second-order valence-corrected chi connectivity index (χ2v) is 8.24. The summed E-state index contributed by atoms with van der Waals surface area (Å²) in [6.45, 7) is 1.00. The first-order valence-corrected chi connectivity index (χ1v) is 9.90. The molecule has 8 nitrogen and oxygen atoms in total. The number of amides is 2. The molecule has 154 valence electrons. The summed E-state index contributed by atoms with van der Waals surface area (Å²) in [6, 6.07) is 8.79. The number of likely N-dealkylation sites (tertiary alicyclic amines) is 1. The first-order valence-electron chi connectivity index (χ1n) is 9.52. The molecule has 0 radical (unpaired) electrons. The highest BCUT2D eigenvalue weighted by Crippen LogP contribution is 2.56. The van der Waals surface area contributed by atoms with Gasteiger partial charge in [0.1, 0.15) is 17.6 Å². The first kappa shape index (κ1) is 19.6. The zero-order valence-electron chi connectivity index (χ0n) is 15.7. The van der Waals surface area contributed by atoms with Gasteiger partial charge in [0, 0.05) is 36.5 Å². The Labute approximate surface area is 172 Å². The van der Waals surface area contributed by atoms with Crippen LogP contribution in [0.2, 0.25) is 5.02 Å². The van der Waals surface area contributed by atoms with Crippen molar-refractivity contribution in [1.82, 2.24) is 10.1 Å². The Morgan fingerprint density at radius 3 is 2.59 bits per heavy atom. The van der Waals surface area contributed by atoms with Gasteiger partial charge in [-0.3, -0.25) is 4.79 Å². The lowest BCUT2D eigenvalue weighted by atomic mass is 9.52. The van der Waals surface area contributed by atoms with Gasteiger partial charge in [-0.1, -0.05) is 16.8 Å². The zero-order chi connectivity index (χ0) is 20.6. The Balaban J connectivity index is 1.51. The number of nitrogens with two attached hydrogens (primary N) is 1. The number of ether oxygens (including phenoxy) is 1. The van der Waals surface area contributed by atoms with Gasteiger partial charge in [0.05, 0.1) is 0 Å². The van der Waals surface area contributed by atoms with Crippen LogP contribution in [0.25, 0.3) is 0 Å². The number of carbonyl (C=O) groups is 2. The summed E-state index contributed by atoms with van der Waals surface area (Å²) in [5.41, 5.74) is 5.34. The average Bonchev–Trinajstić information content (AvgIpc) is 3.17. The maximum Gasteiger partial charge on any atom is 0.407 e. The van der Waals surface area contributed by atoms with E-state index in [-0.39, 0.29) is 23.1 Å². The SMILES string of the molecule is NC(=O)c1cc(CC2C(Oc3ccc(Cl)cc3)CC23CCN(C(=O)O)CC3)on1. The quantitative estimate of drug-likeness (QED) is 0.768. The molecule has 2 amide bonds. The fourth-order valence-electron chi connectivity index (χ4n) is 4.55. The summed E-state index contributed by atoms with van der Waals surface area (Å²) in [4.78, 5) is 24.0. The molecule has 3 N–H and O–H groups in total. The van der Waals surface area contributed by atoms with E-state index in [1.807, 2.05) is 12.1 Å². The van der Waals surface area contributed by atoms with Crippen molar-refractivity contribution < 1.29 is 24.0 Å². The van der Waals surface area contributed by atoms with Crippen LogP contribution < -0.4 is 10.5 Å². The highest BCUT2D eigenvalue weighted by atomic mass is 35.5. The van der Waals surface area contributed by atoms with E-state index >= 15 is 0 Å². The van der Waals surface area contributed by atoms with E-state index in [0.717, 1.165) is 25.0 Å². The van der Waals surface area contributed by atoms with Gasteiger partial charge >= 0.3 is 6.09 Å². The molecule has 2 fully saturated rings. The molecular weight excluding hydrogens is 398 g/mol. The Bertz CT molecular complexity index is 905. The highest BCUT2D eigenvalue weighted by Gasteiger charge is 2.56. The minimum atomic E-state index is -0.883. The van der Waals surface area contributed by atoms with Crippen LogP contribution in [0.3, 0.4) is 0 Å². The predicted molar refractivity (Wildman–Crippen MR) is 104 cm³/mol. The van der Waals surface area contributed by atoms with E-state index in [0.29, 0.717) is 30.3 Å². The van der Waals surface area contributed by atoms with Crippen molar-refractivity contribution >= 4 is 23.6 Å². The Morgan fingerprint density at radius 2 is 2.00 bits per heavy atom. The van der Waals surface area contributed by atoms with Crippen molar-refractivity contribution in [2.45, 2.75) is 31.8 Å². The number of benzene rings is 1. The average molecular weight is 420 g/mol. The lowest BCUT2D eigenvalue weighted by Crippen LogP contribution is -2.59. The van der Waals surface area contributed by atoms with Crippen LogP contribution in [0.1, 0.15) is 35.5 Å². The van der Waals surface area contributed by atoms with E-state index < -0.39 is 12.0 Å². The number of hydrogen-bond acceptors (Lipinski definition) is 5. The third kappa shape index (κ3) is 3.89. The molecule has 1 aromatic heterocycles. The van der Waals surface area contributed by atoms with Gasteiger partial charge in [-0.05, 0) is 48.9 Å². The lowest BCUT2D eigenvalue weighted by Gasteiger charge is -2.57. The van der Waals surface area contributed by atoms with Crippen LogP contribution >= 0.6 is 11.6 Å². The maximum absolute atomic E-state index is 11.3. The number of halogens is 1. The molecule has 1 saturated heterocycles. The van der Waals surface area contributed by atoms with Gasteiger partial charge in [-0.2, -0.15) is 0 Å². The first-order chi connectivity index (χ1) is 13.9. The second kappa shape index (κ2) is 7.59. The predicted octanol–water partition coefficient (Wildman–Crippen LogP) is 3.20. The van der Waals surface area contributed by atoms with E-state index in [1.54, 1.807) is 18.2 Å². The highest BCUT2D eigenvalue weighted by molar-refractivity contribution is 6.30. The number of carboxylic acid groups (broad SMARTS) is 1. The molecule has 29 heavy (non-hydrogen) atoms. The summed E-state index contributed by atoms with van der Waals surface area (Å²) in [7, 11) is 0. The van der Waals surface area contributed by atoms with Gasteiger partial charge in [0.15, 0.2) is 5.69 Å². The van der Waals surface area contributed by atoms with Gasteiger partial charge in [-0.15, -0.1) is 0 Å².